The number of likely N-dealkylation sites (N-methyl/N-ethyl adjacent to an activating group) is 1. The Morgan fingerprint density at radius 3 is 2.85 bits per heavy atom. The summed E-state index contributed by atoms with van der Waals surface area (Å²) in [7, 11) is -2.28. The Morgan fingerprint density at radius 1 is 1.21 bits per heavy atom. The summed E-state index contributed by atoms with van der Waals surface area (Å²) < 4.78 is 38.9. The van der Waals surface area contributed by atoms with Gasteiger partial charge in [0, 0.05) is 51.4 Å². The first-order chi connectivity index (χ1) is 16.3. The molecule has 11 heteroatoms. The molecule has 2 saturated heterocycles. The predicted molar refractivity (Wildman–Crippen MR) is 125 cm³/mol. The molecule has 186 valence electrons. The van der Waals surface area contributed by atoms with Crippen molar-refractivity contribution in [2.75, 3.05) is 59.6 Å². The van der Waals surface area contributed by atoms with Gasteiger partial charge in [0.2, 0.25) is 10.0 Å². The van der Waals surface area contributed by atoms with Gasteiger partial charge in [-0.3, -0.25) is 9.59 Å². The molecule has 1 unspecified atom stereocenters. The Hall–Kier alpha value is -2.31. The summed E-state index contributed by atoms with van der Waals surface area (Å²) in [6.07, 6.45) is 4.88. The van der Waals surface area contributed by atoms with Gasteiger partial charge in [0.15, 0.2) is 5.60 Å². The van der Waals surface area contributed by atoms with Crippen LogP contribution in [0, 0.1) is 0 Å². The second-order valence-corrected chi connectivity index (χ2v) is 10.9. The summed E-state index contributed by atoms with van der Waals surface area (Å²) in [5.41, 5.74) is -0.846. The van der Waals surface area contributed by atoms with Crippen LogP contribution in [0.15, 0.2) is 41.3 Å². The Labute approximate surface area is 200 Å². The Morgan fingerprint density at radius 2 is 2.06 bits per heavy atom. The first-order valence-electron chi connectivity index (χ1n) is 11.6. The van der Waals surface area contributed by atoms with E-state index in [1.807, 2.05) is 0 Å². The number of fused-ring (bicyclic) bond motifs is 4. The monoisotopic (exact) mass is 492 g/mol. The van der Waals surface area contributed by atoms with E-state index in [1.165, 1.54) is 23.5 Å². The first-order valence-corrected chi connectivity index (χ1v) is 13.0. The third kappa shape index (κ3) is 5.33. The standard InChI is InChI=1S/C23H32N4O6S/c1-26-10-2-3-12-32-17-23(16-24-9-13-33-23)22(29)25-19-7-5-11-27(15-19)21(28)18-6-4-8-20(14-18)34(26,30)31/h2-4,6,8,14,19,24H,5,7,9-13,15-17H2,1H3,(H,25,29)/b3-2+/t19-,23?/m1/s1. The van der Waals surface area contributed by atoms with E-state index in [-0.39, 0.29) is 42.5 Å². The van der Waals surface area contributed by atoms with Crippen LogP contribution in [-0.2, 0) is 24.3 Å². The van der Waals surface area contributed by atoms with Gasteiger partial charge >= 0.3 is 0 Å². The molecule has 3 aliphatic rings. The molecule has 0 radical (unpaired) electrons. The third-order valence-electron chi connectivity index (χ3n) is 6.39. The molecule has 1 aromatic carbocycles. The number of ether oxygens (including phenoxy) is 2. The van der Waals surface area contributed by atoms with Crippen LogP contribution >= 0.6 is 0 Å². The van der Waals surface area contributed by atoms with Crippen molar-refractivity contribution < 1.29 is 27.5 Å². The molecule has 10 nitrogen and oxygen atoms in total. The molecule has 2 amide bonds. The maximum Gasteiger partial charge on any atom is 0.256 e. The molecule has 0 aromatic heterocycles. The predicted octanol–water partition coefficient (Wildman–Crippen LogP) is -0.0271. The number of amides is 2. The smallest absolute Gasteiger partial charge is 0.256 e. The highest BCUT2D eigenvalue weighted by molar-refractivity contribution is 7.89. The van der Waals surface area contributed by atoms with Gasteiger partial charge in [-0.15, -0.1) is 0 Å². The molecule has 2 N–H and O–H groups in total. The maximum absolute atomic E-state index is 13.3. The molecular formula is C23H32N4O6S. The number of carbonyl (C=O) groups is 2. The van der Waals surface area contributed by atoms with E-state index < -0.39 is 15.6 Å². The van der Waals surface area contributed by atoms with E-state index >= 15 is 0 Å². The fraction of sp³-hybridized carbons (Fsp3) is 0.565. The highest BCUT2D eigenvalue weighted by atomic mass is 32.2. The third-order valence-corrected chi connectivity index (χ3v) is 8.21. The lowest BCUT2D eigenvalue weighted by Crippen LogP contribution is -2.64. The van der Waals surface area contributed by atoms with Gasteiger partial charge in [0.25, 0.3) is 11.8 Å². The fourth-order valence-corrected chi connectivity index (χ4v) is 5.56. The van der Waals surface area contributed by atoms with E-state index in [9.17, 15) is 18.0 Å². The van der Waals surface area contributed by atoms with Gasteiger partial charge in [-0.25, -0.2) is 8.42 Å². The lowest BCUT2D eigenvalue weighted by atomic mass is 9.99. The minimum absolute atomic E-state index is 0.0598. The first kappa shape index (κ1) is 24.8. The molecule has 1 aromatic rings. The van der Waals surface area contributed by atoms with Crippen molar-refractivity contribution in [3.63, 3.8) is 0 Å². The molecule has 1 spiro atoms. The normalized spacial score (nSPS) is 30.3. The summed E-state index contributed by atoms with van der Waals surface area (Å²) in [5, 5.41) is 6.26. The minimum Gasteiger partial charge on any atom is -0.374 e. The minimum atomic E-state index is -3.77. The van der Waals surface area contributed by atoms with Gasteiger partial charge < -0.3 is 25.0 Å². The number of benzene rings is 1. The number of rotatable bonds is 0. The van der Waals surface area contributed by atoms with Crippen LogP contribution in [0.5, 0.6) is 0 Å². The number of hydrogen-bond acceptors (Lipinski definition) is 7. The molecule has 3 heterocycles. The zero-order valence-corrected chi connectivity index (χ0v) is 20.2. The summed E-state index contributed by atoms with van der Waals surface area (Å²) >= 11 is 0. The van der Waals surface area contributed by atoms with E-state index in [4.69, 9.17) is 9.47 Å². The number of carbonyl (C=O) groups excluding carboxylic acids is 2. The van der Waals surface area contributed by atoms with Crippen LogP contribution in [0.1, 0.15) is 23.2 Å². The lowest BCUT2D eigenvalue weighted by molar-refractivity contribution is -0.161. The molecule has 4 rings (SSSR count). The van der Waals surface area contributed by atoms with Crippen molar-refractivity contribution in [1.29, 1.82) is 0 Å². The second kappa shape index (κ2) is 10.5. The van der Waals surface area contributed by atoms with Gasteiger partial charge in [-0.2, -0.15) is 4.31 Å². The largest absolute Gasteiger partial charge is 0.374 e. The SMILES string of the molecule is CN1C/C=C/COCC2(CNCCO2)C(=O)N[C@@H]2CCCN(C2)C(=O)c2cccc(c2)S1(=O)=O. The average Bonchev–Trinajstić information content (AvgIpc) is 2.85. The topological polar surface area (TPSA) is 117 Å². The maximum atomic E-state index is 13.3. The van der Waals surface area contributed by atoms with Crippen molar-refractivity contribution in [3.8, 4) is 0 Å². The molecule has 34 heavy (non-hydrogen) atoms. The molecular weight excluding hydrogens is 460 g/mol. The summed E-state index contributed by atoms with van der Waals surface area (Å²) in [6.45, 7) is 2.67. The second-order valence-electron chi connectivity index (χ2n) is 8.88. The van der Waals surface area contributed by atoms with Gasteiger partial charge in [-0.1, -0.05) is 18.2 Å². The summed E-state index contributed by atoms with van der Waals surface area (Å²) in [6, 6.07) is 5.88. The summed E-state index contributed by atoms with van der Waals surface area (Å²) in [5.74, 6) is -0.509. The Kier molecular flexibility index (Phi) is 7.68. The van der Waals surface area contributed by atoms with Crippen LogP contribution in [0.3, 0.4) is 0 Å². The van der Waals surface area contributed by atoms with Gasteiger partial charge in [-0.05, 0) is 31.0 Å². The zero-order chi connectivity index (χ0) is 24.2. The van der Waals surface area contributed by atoms with Crippen molar-refractivity contribution in [2.45, 2.75) is 29.4 Å². The molecule has 0 saturated carbocycles. The molecule has 4 bridgehead atoms. The van der Waals surface area contributed by atoms with Crippen LogP contribution in [0.2, 0.25) is 0 Å². The Bertz CT molecular complexity index is 1040. The fourth-order valence-electron chi connectivity index (χ4n) is 4.39. The quantitative estimate of drug-likeness (QED) is 0.489. The van der Waals surface area contributed by atoms with E-state index in [1.54, 1.807) is 29.2 Å². The number of piperidine rings is 1. The molecule has 0 aliphatic carbocycles. The zero-order valence-electron chi connectivity index (χ0n) is 19.4. The highest BCUT2D eigenvalue weighted by Gasteiger charge is 2.43. The van der Waals surface area contributed by atoms with Crippen LogP contribution in [0.25, 0.3) is 0 Å². The number of nitrogens with one attached hydrogen (secondary N) is 2. The van der Waals surface area contributed by atoms with Gasteiger partial charge in [0.05, 0.1) is 24.7 Å². The van der Waals surface area contributed by atoms with Crippen molar-refractivity contribution >= 4 is 21.8 Å². The van der Waals surface area contributed by atoms with Crippen LogP contribution in [-0.4, -0.2) is 101 Å². The number of hydrogen-bond donors (Lipinski definition) is 2. The molecule has 3 aliphatic heterocycles. The lowest BCUT2D eigenvalue weighted by Gasteiger charge is -2.39. The van der Waals surface area contributed by atoms with Gasteiger partial charge in [0.1, 0.15) is 0 Å². The van der Waals surface area contributed by atoms with Crippen molar-refractivity contribution in [2.24, 2.45) is 0 Å². The van der Waals surface area contributed by atoms with Crippen LogP contribution < -0.4 is 10.6 Å². The van der Waals surface area contributed by atoms with E-state index in [0.717, 1.165) is 12.8 Å². The number of sulfonamides is 1. The molecule has 2 fully saturated rings. The van der Waals surface area contributed by atoms with E-state index in [2.05, 4.69) is 10.6 Å². The highest BCUT2D eigenvalue weighted by Crippen LogP contribution is 2.21. The molecule has 2 atom stereocenters. The number of morpholine rings is 1. The van der Waals surface area contributed by atoms with Crippen molar-refractivity contribution in [1.82, 2.24) is 19.8 Å². The summed E-state index contributed by atoms with van der Waals surface area (Å²) in [4.78, 5) is 28.2. The van der Waals surface area contributed by atoms with E-state index in [0.29, 0.717) is 38.3 Å². The average molecular weight is 493 g/mol. The Balaban J connectivity index is 1.63. The number of nitrogens with zero attached hydrogens (tertiary/aromatic N) is 2. The van der Waals surface area contributed by atoms with Crippen LogP contribution in [0.4, 0.5) is 0 Å². The van der Waals surface area contributed by atoms with Crippen molar-refractivity contribution in [3.05, 3.63) is 42.0 Å².